The van der Waals surface area contributed by atoms with Crippen LogP contribution in [0.2, 0.25) is 0 Å². The van der Waals surface area contributed by atoms with Crippen molar-refractivity contribution in [3.8, 4) is 0 Å². The van der Waals surface area contributed by atoms with Gasteiger partial charge < -0.3 is 20.3 Å². The summed E-state index contributed by atoms with van der Waals surface area (Å²) in [6.07, 6.45) is 3.01. The molecule has 0 spiro atoms. The molecule has 9 heteroatoms. The second kappa shape index (κ2) is 12.6. The van der Waals surface area contributed by atoms with Crippen LogP contribution < -0.4 is 10.6 Å². The maximum absolute atomic E-state index is 13.3. The van der Waals surface area contributed by atoms with E-state index in [9.17, 15) is 9.18 Å². The Labute approximate surface area is 199 Å². The summed E-state index contributed by atoms with van der Waals surface area (Å²) in [5.41, 5.74) is 1.46. The molecular weight excluding hydrogens is 512 g/mol. The first kappa shape index (κ1) is 25.0. The molecule has 1 amide bonds. The van der Waals surface area contributed by atoms with E-state index in [0.29, 0.717) is 31.7 Å². The highest BCUT2D eigenvalue weighted by atomic mass is 127. The Hall–Kier alpha value is -2.27. The summed E-state index contributed by atoms with van der Waals surface area (Å²) in [5.74, 6) is 0.345. The zero-order valence-electron chi connectivity index (χ0n) is 17.8. The van der Waals surface area contributed by atoms with Gasteiger partial charge in [-0.1, -0.05) is 12.1 Å². The first-order chi connectivity index (χ1) is 14.6. The average molecular weight is 541 g/mol. The van der Waals surface area contributed by atoms with Gasteiger partial charge in [-0.3, -0.25) is 14.8 Å². The van der Waals surface area contributed by atoms with Gasteiger partial charge in [0.15, 0.2) is 5.96 Å². The minimum absolute atomic E-state index is 0. The Bertz CT molecular complexity index is 851. The van der Waals surface area contributed by atoms with Crippen molar-refractivity contribution < 1.29 is 13.9 Å². The van der Waals surface area contributed by atoms with Crippen LogP contribution in [0.3, 0.4) is 0 Å². The number of morpholine rings is 1. The lowest BCUT2D eigenvalue weighted by Crippen LogP contribution is -2.51. The summed E-state index contributed by atoms with van der Waals surface area (Å²) >= 11 is 0. The number of hydrogen-bond acceptors (Lipinski definition) is 4. The molecule has 2 aromatic rings. The standard InChI is InChI=1S/C22H28FN5O2.HI/c1-3-25-22(27-12-11-26-21(29)18-5-4-10-24-13-18)28-14-16(2)30-20(15-28)17-6-8-19(23)9-7-17;/h4-10,13,16,20H,3,11-12,14-15H2,1-2H3,(H,25,27)(H,26,29);1H. The zero-order chi connectivity index (χ0) is 21.3. The first-order valence-corrected chi connectivity index (χ1v) is 10.2. The molecule has 3 rings (SSSR count). The lowest BCUT2D eigenvalue weighted by molar-refractivity contribution is -0.0605. The van der Waals surface area contributed by atoms with E-state index in [1.54, 1.807) is 30.5 Å². The van der Waals surface area contributed by atoms with Crippen LogP contribution >= 0.6 is 24.0 Å². The number of ether oxygens (including phenoxy) is 1. The molecule has 2 N–H and O–H groups in total. The molecule has 0 saturated carbocycles. The van der Waals surface area contributed by atoms with Gasteiger partial charge in [0.1, 0.15) is 11.9 Å². The number of amides is 1. The second-order valence-electron chi connectivity index (χ2n) is 7.13. The van der Waals surface area contributed by atoms with E-state index < -0.39 is 0 Å². The Morgan fingerprint density at radius 2 is 2.03 bits per heavy atom. The lowest BCUT2D eigenvalue weighted by atomic mass is 10.1. The summed E-state index contributed by atoms with van der Waals surface area (Å²) < 4.78 is 19.3. The fourth-order valence-corrected chi connectivity index (χ4v) is 3.34. The predicted octanol–water partition coefficient (Wildman–Crippen LogP) is 3.00. The molecule has 1 aliphatic heterocycles. The summed E-state index contributed by atoms with van der Waals surface area (Å²) in [6.45, 7) is 6.94. The molecule has 2 atom stereocenters. The zero-order valence-corrected chi connectivity index (χ0v) is 20.1. The van der Waals surface area contributed by atoms with Gasteiger partial charge in [-0.2, -0.15) is 0 Å². The summed E-state index contributed by atoms with van der Waals surface area (Å²) in [7, 11) is 0. The van der Waals surface area contributed by atoms with E-state index >= 15 is 0 Å². The highest BCUT2D eigenvalue weighted by Gasteiger charge is 2.28. The quantitative estimate of drug-likeness (QED) is 0.255. The van der Waals surface area contributed by atoms with Gasteiger partial charge in [0.05, 0.1) is 24.8 Å². The molecule has 31 heavy (non-hydrogen) atoms. The number of carbonyl (C=O) groups excluding carboxylic acids is 1. The molecular formula is C22H29FIN5O2. The fourth-order valence-electron chi connectivity index (χ4n) is 3.34. The van der Waals surface area contributed by atoms with Crippen LogP contribution in [0, 0.1) is 5.82 Å². The Morgan fingerprint density at radius 3 is 2.71 bits per heavy atom. The van der Waals surface area contributed by atoms with Gasteiger partial charge in [-0.25, -0.2) is 4.39 Å². The van der Waals surface area contributed by atoms with Crippen molar-refractivity contribution in [2.24, 2.45) is 4.99 Å². The van der Waals surface area contributed by atoms with E-state index in [-0.39, 0.29) is 47.9 Å². The lowest BCUT2D eigenvalue weighted by Gasteiger charge is -2.38. The van der Waals surface area contributed by atoms with E-state index in [1.165, 1.54) is 18.3 Å². The maximum Gasteiger partial charge on any atom is 0.252 e. The topological polar surface area (TPSA) is 78.8 Å². The Morgan fingerprint density at radius 1 is 1.26 bits per heavy atom. The number of hydrogen-bond donors (Lipinski definition) is 2. The molecule has 2 heterocycles. The van der Waals surface area contributed by atoms with Crippen molar-refractivity contribution in [3.63, 3.8) is 0 Å². The van der Waals surface area contributed by atoms with Gasteiger partial charge in [0.25, 0.3) is 5.91 Å². The van der Waals surface area contributed by atoms with E-state index in [2.05, 4.69) is 25.5 Å². The number of guanidine groups is 1. The number of aromatic nitrogens is 1. The van der Waals surface area contributed by atoms with Crippen LogP contribution in [0.25, 0.3) is 0 Å². The molecule has 1 aromatic carbocycles. The second-order valence-corrected chi connectivity index (χ2v) is 7.13. The number of halogens is 2. The molecule has 1 fully saturated rings. The number of aliphatic imine (C=N–C) groups is 1. The van der Waals surface area contributed by atoms with E-state index in [0.717, 1.165) is 18.1 Å². The number of nitrogens with one attached hydrogen (secondary N) is 2. The average Bonchev–Trinajstić information content (AvgIpc) is 2.76. The number of rotatable bonds is 6. The maximum atomic E-state index is 13.3. The van der Waals surface area contributed by atoms with Crippen molar-refractivity contribution in [1.29, 1.82) is 0 Å². The molecule has 0 aliphatic carbocycles. The molecule has 168 valence electrons. The number of pyridine rings is 1. The highest BCUT2D eigenvalue weighted by Crippen LogP contribution is 2.25. The van der Waals surface area contributed by atoms with Gasteiger partial charge in [-0.15, -0.1) is 24.0 Å². The Kier molecular flexibility index (Phi) is 10.1. The summed E-state index contributed by atoms with van der Waals surface area (Å²) in [6, 6.07) is 9.87. The van der Waals surface area contributed by atoms with Gasteiger partial charge >= 0.3 is 0 Å². The molecule has 0 bridgehead atoms. The first-order valence-electron chi connectivity index (χ1n) is 10.2. The largest absolute Gasteiger partial charge is 0.367 e. The Balaban J connectivity index is 0.00000341. The van der Waals surface area contributed by atoms with Crippen LogP contribution in [0.5, 0.6) is 0 Å². The molecule has 1 saturated heterocycles. The smallest absolute Gasteiger partial charge is 0.252 e. The summed E-state index contributed by atoms with van der Waals surface area (Å²) in [5, 5.41) is 6.17. The number of nitrogens with zero attached hydrogens (tertiary/aromatic N) is 3. The van der Waals surface area contributed by atoms with Crippen molar-refractivity contribution in [3.05, 3.63) is 65.7 Å². The summed E-state index contributed by atoms with van der Waals surface area (Å²) in [4.78, 5) is 22.9. The SMILES string of the molecule is CCNC(=NCCNC(=O)c1cccnc1)N1CC(C)OC(c2ccc(F)cc2)C1.I. The minimum Gasteiger partial charge on any atom is -0.367 e. The van der Waals surface area contributed by atoms with Crippen molar-refractivity contribution in [2.45, 2.75) is 26.1 Å². The monoisotopic (exact) mass is 541 g/mol. The molecule has 1 aromatic heterocycles. The fraction of sp³-hybridized carbons (Fsp3) is 0.409. The molecule has 0 radical (unpaired) electrons. The van der Waals surface area contributed by atoms with Crippen molar-refractivity contribution in [2.75, 3.05) is 32.7 Å². The third-order valence-electron chi connectivity index (χ3n) is 4.72. The van der Waals surface area contributed by atoms with E-state index in [1.807, 2.05) is 13.8 Å². The van der Waals surface area contributed by atoms with Crippen molar-refractivity contribution >= 4 is 35.8 Å². The minimum atomic E-state index is -0.261. The molecule has 1 aliphatic rings. The van der Waals surface area contributed by atoms with Crippen LogP contribution in [0.1, 0.15) is 35.9 Å². The van der Waals surface area contributed by atoms with Gasteiger partial charge in [0, 0.05) is 32.0 Å². The van der Waals surface area contributed by atoms with Crippen LogP contribution in [-0.4, -0.2) is 60.6 Å². The van der Waals surface area contributed by atoms with Crippen LogP contribution in [0.4, 0.5) is 4.39 Å². The number of benzene rings is 1. The van der Waals surface area contributed by atoms with Crippen molar-refractivity contribution in [1.82, 2.24) is 20.5 Å². The van der Waals surface area contributed by atoms with Crippen LogP contribution in [-0.2, 0) is 4.74 Å². The normalized spacial score (nSPS) is 18.8. The third-order valence-corrected chi connectivity index (χ3v) is 4.72. The number of carbonyl (C=O) groups is 1. The predicted molar refractivity (Wildman–Crippen MR) is 129 cm³/mol. The van der Waals surface area contributed by atoms with Gasteiger partial charge in [-0.05, 0) is 43.7 Å². The third kappa shape index (κ3) is 7.42. The van der Waals surface area contributed by atoms with E-state index in [4.69, 9.17) is 4.74 Å². The van der Waals surface area contributed by atoms with Crippen LogP contribution in [0.15, 0.2) is 53.8 Å². The molecule has 2 unspecified atom stereocenters. The molecule has 7 nitrogen and oxygen atoms in total. The van der Waals surface area contributed by atoms with Gasteiger partial charge in [0.2, 0.25) is 0 Å². The highest BCUT2D eigenvalue weighted by molar-refractivity contribution is 14.0.